The van der Waals surface area contributed by atoms with Gasteiger partial charge in [0, 0.05) is 19.6 Å². The van der Waals surface area contributed by atoms with Crippen LogP contribution >= 0.6 is 11.6 Å². The minimum absolute atomic E-state index is 0.0106. The molecule has 1 aromatic carbocycles. The first kappa shape index (κ1) is 19.4. The third-order valence-electron chi connectivity index (χ3n) is 5.10. The van der Waals surface area contributed by atoms with E-state index >= 15 is 0 Å². The van der Waals surface area contributed by atoms with E-state index in [9.17, 15) is 9.18 Å². The van der Waals surface area contributed by atoms with E-state index in [1.165, 1.54) is 12.1 Å². The first-order chi connectivity index (χ1) is 12.6. The SMILES string of the molecule is O=C(NCC1CCCN(CCOc2ccc(F)cc2Cl)C1)C1CCCN1. The normalized spacial score (nSPS) is 23.8. The predicted octanol–water partition coefficient (Wildman–Crippen LogP) is 2.44. The van der Waals surface area contributed by atoms with Gasteiger partial charge in [-0.25, -0.2) is 4.39 Å². The Morgan fingerprint density at radius 1 is 1.38 bits per heavy atom. The minimum Gasteiger partial charge on any atom is -0.491 e. The second kappa shape index (κ2) is 9.53. The van der Waals surface area contributed by atoms with Crippen molar-refractivity contribution in [3.63, 3.8) is 0 Å². The number of likely N-dealkylation sites (tertiary alicyclic amines) is 1. The van der Waals surface area contributed by atoms with Gasteiger partial charge in [0.1, 0.15) is 18.2 Å². The summed E-state index contributed by atoms with van der Waals surface area (Å²) in [4.78, 5) is 14.5. The smallest absolute Gasteiger partial charge is 0.237 e. The summed E-state index contributed by atoms with van der Waals surface area (Å²) < 4.78 is 18.7. The first-order valence-corrected chi connectivity index (χ1v) is 9.81. The molecule has 2 N–H and O–H groups in total. The minimum atomic E-state index is -0.365. The van der Waals surface area contributed by atoms with E-state index in [1.807, 2.05) is 0 Å². The third kappa shape index (κ3) is 5.56. The molecule has 2 fully saturated rings. The second-order valence-electron chi connectivity index (χ2n) is 7.13. The Kier molecular flexibility index (Phi) is 7.11. The fourth-order valence-electron chi connectivity index (χ4n) is 3.67. The van der Waals surface area contributed by atoms with E-state index in [1.54, 1.807) is 6.07 Å². The first-order valence-electron chi connectivity index (χ1n) is 9.43. The van der Waals surface area contributed by atoms with Crippen molar-refractivity contribution < 1.29 is 13.9 Å². The van der Waals surface area contributed by atoms with Crippen molar-refractivity contribution in [1.29, 1.82) is 0 Å². The van der Waals surface area contributed by atoms with Crippen LogP contribution in [0.25, 0.3) is 0 Å². The van der Waals surface area contributed by atoms with Gasteiger partial charge >= 0.3 is 0 Å². The maximum Gasteiger partial charge on any atom is 0.237 e. The van der Waals surface area contributed by atoms with Crippen molar-refractivity contribution in [2.45, 2.75) is 31.7 Å². The maximum absolute atomic E-state index is 13.0. The summed E-state index contributed by atoms with van der Waals surface area (Å²) in [6.45, 7) is 4.97. The van der Waals surface area contributed by atoms with Crippen LogP contribution in [0.2, 0.25) is 5.02 Å². The van der Waals surface area contributed by atoms with Crippen molar-refractivity contribution in [1.82, 2.24) is 15.5 Å². The summed E-state index contributed by atoms with van der Waals surface area (Å²) in [5, 5.41) is 6.62. The lowest BCUT2D eigenvalue weighted by Gasteiger charge is -2.32. The molecule has 1 amide bonds. The van der Waals surface area contributed by atoms with Crippen LogP contribution in [0.3, 0.4) is 0 Å². The molecule has 2 aliphatic heterocycles. The van der Waals surface area contributed by atoms with Crippen LogP contribution in [0, 0.1) is 11.7 Å². The largest absolute Gasteiger partial charge is 0.491 e. The molecule has 0 spiro atoms. The third-order valence-corrected chi connectivity index (χ3v) is 5.40. The van der Waals surface area contributed by atoms with Crippen molar-refractivity contribution in [3.8, 4) is 5.75 Å². The van der Waals surface area contributed by atoms with Gasteiger partial charge in [-0.15, -0.1) is 0 Å². The van der Waals surface area contributed by atoms with Crippen LogP contribution in [0.1, 0.15) is 25.7 Å². The fourth-order valence-corrected chi connectivity index (χ4v) is 3.90. The number of amides is 1. The van der Waals surface area contributed by atoms with Gasteiger partial charge in [0.05, 0.1) is 11.1 Å². The molecule has 2 saturated heterocycles. The highest BCUT2D eigenvalue weighted by atomic mass is 35.5. The van der Waals surface area contributed by atoms with Crippen LogP contribution in [0.15, 0.2) is 18.2 Å². The average molecular weight is 384 g/mol. The van der Waals surface area contributed by atoms with Crippen LogP contribution in [-0.4, -0.2) is 56.2 Å². The number of carbonyl (C=O) groups is 1. The molecule has 26 heavy (non-hydrogen) atoms. The molecule has 3 rings (SSSR count). The van der Waals surface area contributed by atoms with Crippen LogP contribution in [0.4, 0.5) is 4.39 Å². The number of nitrogens with zero attached hydrogens (tertiary/aromatic N) is 1. The highest BCUT2D eigenvalue weighted by Gasteiger charge is 2.24. The number of halogens is 2. The summed E-state index contributed by atoms with van der Waals surface area (Å²) in [5.74, 6) is 0.756. The molecular formula is C19H27ClFN3O2. The number of rotatable bonds is 7. The molecule has 0 aliphatic carbocycles. The van der Waals surface area contributed by atoms with Gasteiger partial charge in [-0.1, -0.05) is 11.6 Å². The molecule has 2 heterocycles. The quantitative estimate of drug-likeness (QED) is 0.759. The molecule has 2 unspecified atom stereocenters. The molecule has 7 heteroatoms. The molecule has 0 saturated carbocycles. The Hall–Kier alpha value is -1.37. The highest BCUT2D eigenvalue weighted by Crippen LogP contribution is 2.25. The Labute approximate surface area is 159 Å². The highest BCUT2D eigenvalue weighted by molar-refractivity contribution is 6.32. The van der Waals surface area contributed by atoms with E-state index in [0.29, 0.717) is 23.3 Å². The van der Waals surface area contributed by atoms with Crippen LogP contribution < -0.4 is 15.4 Å². The van der Waals surface area contributed by atoms with Crippen molar-refractivity contribution in [2.75, 3.05) is 39.3 Å². The van der Waals surface area contributed by atoms with Crippen molar-refractivity contribution in [2.24, 2.45) is 5.92 Å². The molecule has 144 valence electrons. The summed E-state index contributed by atoms with van der Waals surface area (Å²) in [6, 6.07) is 4.16. The molecular weight excluding hydrogens is 357 g/mol. The number of piperidine rings is 1. The van der Waals surface area contributed by atoms with Gasteiger partial charge in [-0.05, 0) is 62.9 Å². The van der Waals surface area contributed by atoms with Gasteiger partial charge in [0.25, 0.3) is 0 Å². The number of ether oxygens (including phenoxy) is 1. The fraction of sp³-hybridized carbons (Fsp3) is 0.632. The van der Waals surface area contributed by atoms with Gasteiger partial charge in [0.15, 0.2) is 0 Å². The Bertz CT molecular complexity index is 610. The second-order valence-corrected chi connectivity index (χ2v) is 7.53. The van der Waals surface area contributed by atoms with Crippen LogP contribution in [0.5, 0.6) is 5.75 Å². The summed E-state index contributed by atoms with van der Waals surface area (Å²) in [5.41, 5.74) is 0. The van der Waals surface area contributed by atoms with Gasteiger partial charge in [-0.3, -0.25) is 9.69 Å². The van der Waals surface area contributed by atoms with E-state index < -0.39 is 0 Å². The topological polar surface area (TPSA) is 53.6 Å². The van der Waals surface area contributed by atoms with Gasteiger partial charge in [0.2, 0.25) is 5.91 Å². The Morgan fingerprint density at radius 3 is 3.04 bits per heavy atom. The Balaban J connectivity index is 1.37. The molecule has 5 nitrogen and oxygen atoms in total. The molecule has 2 aliphatic rings. The summed E-state index contributed by atoms with van der Waals surface area (Å²) in [7, 11) is 0. The van der Waals surface area contributed by atoms with Crippen molar-refractivity contribution >= 4 is 17.5 Å². The molecule has 0 bridgehead atoms. The number of carbonyl (C=O) groups excluding carboxylic acids is 1. The molecule has 2 atom stereocenters. The standard InChI is InChI=1S/C19H27ClFN3O2/c20-16-11-15(21)5-6-18(16)26-10-9-24-8-2-3-14(13-24)12-23-19(25)17-4-1-7-22-17/h5-6,11,14,17,22H,1-4,7-10,12-13H2,(H,23,25). The van der Waals surface area contributed by atoms with Crippen LogP contribution in [-0.2, 0) is 4.79 Å². The maximum atomic E-state index is 13.0. The molecule has 1 aromatic rings. The average Bonchev–Trinajstić information content (AvgIpc) is 3.17. The summed E-state index contributed by atoms with van der Waals surface area (Å²) >= 11 is 5.97. The zero-order valence-electron chi connectivity index (χ0n) is 15.0. The van der Waals surface area contributed by atoms with E-state index in [0.717, 1.165) is 58.4 Å². The number of hydrogen-bond acceptors (Lipinski definition) is 4. The van der Waals surface area contributed by atoms with Gasteiger partial charge in [-0.2, -0.15) is 0 Å². The molecule has 0 radical (unpaired) electrons. The zero-order chi connectivity index (χ0) is 18.4. The van der Waals surface area contributed by atoms with Gasteiger partial charge < -0.3 is 15.4 Å². The number of hydrogen-bond donors (Lipinski definition) is 2. The van der Waals surface area contributed by atoms with E-state index in [4.69, 9.17) is 16.3 Å². The number of nitrogens with one attached hydrogen (secondary N) is 2. The number of benzene rings is 1. The molecule has 0 aromatic heterocycles. The lowest BCUT2D eigenvalue weighted by atomic mass is 9.98. The Morgan fingerprint density at radius 2 is 2.27 bits per heavy atom. The lowest BCUT2D eigenvalue weighted by molar-refractivity contribution is -0.123. The van der Waals surface area contributed by atoms with E-state index in [2.05, 4.69) is 15.5 Å². The zero-order valence-corrected chi connectivity index (χ0v) is 15.7. The van der Waals surface area contributed by atoms with Crippen molar-refractivity contribution in [3.05, 3.63) is 29.0 Å². The summed E-state index contributed by atoms with van der Waals surface area (Å²) in [6.07, 6.45) is 4.28. The predicted molar refractivity (Wildman–Crippen MR) is 100 cm³/mol. The monoisotopic (exact) mass is 383 g/mol. The van der Waals surface area contributed by atoms with E-state index in [-0.39, 0.29) is 17.8 Å². The lowest BCUT2D eigenvalue weighted by Crippen LogP contribution is -2.46.